The molecule has 5 rings (SSSR count). The van der Waals surface area contributed by atoms with E-state index < -0.39 is 7.37 Å². The number of rotatable bonds is 2. The molecule has 1 saturated heterocycles. The second-order valence-corrected chi connectivity index (χ2v) is 7.50. The summed E-state index contributed by atoms with van der Waals surface area (Å²) in [5.74, 6) is 3.55. The third kappa shape index (κ3) is 0.403. The third-order valence-corrected chi connectivity index (χ3v) is 8.44. The lowest BCUT2D eigenvalue weighted by molar-refractivity contribution is 0.286. The van der Waals surface area contributed by atoms with Gasteiger partial charge in [-0.3, -0.25) is 4.57 Å². The van der Waals surface area contributed by atoms with Crippen molar-refractivity contribution in [3.8, 4) is 0 Å². The molecule has 0 aromatic heterocycles. The first-order valence-corrected chi connectivity index (χ1v) is 6.79. The summed E-state index contributed by atoms with van der Waals surface area (Å²) >= 11 is 0. The first-order valence-electron chi connectivity index (χ1n) is 5.03. The Kier molecular flexibility index (Phi) is 0.866. The fourth-order valence-corrected chi connectivity index (χ4v) is 8.88. The molecule has 1 aliphatic heterocycles. The predicted octanol–water partition coefficient (Wildman–Crippen LogP) is 1.95. The first-order chi connectivity index (χ1) is 5.79. The van der Waals surface area contributed by atoms with Gasteiger partial charge in [0.25, 0.3) is 0 Å². The van der Waals surface area contributed by atoms with E-state index in [0.29, 0.717) is 17.9 Å². The minimum absolute atomic E-state index is 0.539. The molecule has 7 atom stereocenters. The zero-order chi connectivity index (χ0) is 8.09. The summed E-state index contributed by atoms with van der Waals surface area (Å²) in [6.45, 7) is 2.62. The fraction of sp³-hybridized carbons (Fsp3) is 1.00. The lowest BCUT2D eigenvalue weighted by Crippen LogP contribution is -2.36. The average molecular weight is 184 g/mol. The molecule has 5 aliphatic rings. The van der Waals surface area contributed by atoms with Gasteiger partial charge < -0.3 is 4.52 Å². The van der Waals surface area contributed by atoms with Crippen LogP contribution >= 0.6 is 7.37 Å². The summed E-state index contributed by atoms with van der Waals surface area (Å²) < 4.78 is 17.8. The highest BCUT2D eigenvalue weighted by atomic mass is 31.2. The zero-order valence-electron chi connectivity index (χ0n) is 7.14. The van der Waals surface area contributed by atoms with E-state index in [1.54, 1.807) is 0 Å². The fourth-order valence-electron chi connectivity index (χ4n) is 4.56. The first kappa shape index (κ1) is 6.62. The van der Waals surface area contributed by atoms with Crippen molar-refractivity contribution < 1.29 is 9.09 Å². The van der Waals surface area contributed by atoms with Gasteiger partial charge >= 0.3 is 0 Å². The van der Waals surface area contributed by atoms with Crippen LogP contribution in [0.2, 0.25) is 0 Å². The molecule has 1 heterocycles. The van der Waals surface area contributed by atoms with Gasteiger partial charge in [-0.2, -0.15) is 0 Å². The molecule has 5 fully saturated rings. The summed E-state index contributed by atoms with van der Waals surface area (Å²) in [6.07, 6.45) is 1.39. The van der Waals surface area contributed by atoms with Crippen LogP contribution in [0.5, 0.6) is 0 Å². The minimum Gasteiger partial charge on any atom is -0.328 e. The van der Waals surface area contributed by atoms with Crippen molar-refractivity contribution >= 4 is 7.37 Å². The predicted molar refractivity (Wildman–Crippen MR) is 45.4 cm³/mol. The topological polar surface area (TPSA) is 26.3 Å². The smallest absolute Gasteiger partial charge is 0.210 e. The van der Waals surface area contributed by atoms with Crippen molar-refractivity contribution in [2.75, 3.05) is 6.61 Å². The van der Waals surface area contributed by atoms with E-state index in [4.69, 9.17) is 4.52 Å². The Morgan fingerprint density at radius 2 is 2.00 bits per heavy atom. The van der Waals surface area contributed by atoms with Gasteiger partial charge in [-0.05, 0) is 37.0 Å². The molecule has 2 nitrogen and oxygen atoms in total. The highest BCUT2D eigenvalue weighted by Gasteiger charge is 2.88. The van der Waals surface area contributed by atoms with Crippen LogP contribution in [0.25, 0.3) is 0 Å². The maximum absolute atomic E-state index is 12.2. The summed E-state index contributed by atoms with van der Waals surface area (Å²) in [5.41, 5.74) is 1.08. The van der Waals surface area contributed by atoms with Gasteiger partial charge in [-0.15, -0.1) is 0 Å². The van der Waals surface area contributed by atoms with Gasteiger partial charge in [-0.1, -0.05) is 0 Å². The van der Waals surface area contributed by atoms with Crippen molar-refractivity contribution in [1.82, 2.24) is 0 Å². The van der Waals surface area contributed by atoms with Crippen LogP contribution in [-0.2, 0) is 9.09 Å². The molecule has 3 unspecified atom stereocenters. The Balaban J connectivity index is 1.77. The zero-order valence-corrected chi connectivity index (χ0v) is 8.04. The third-order valence-electron chi connectivity index (χ3n) is 4.66. The van der Waals surface area contributed by atoms with Crippen LogP contribution in [-0.4, -0.2) is 17.9 Å². The standard InChI is InChI=1S/C9H13O2P/c1-2-11-12(10)8-5-3-4-6(8)7(4)9(5)12/h4-9H,2-3H2,1H3/t4?,5?,6-,7+,8-,9+,12?. The Morgan fingerprint density at radius 3 is 2.42 bits per heavy atom. The van der Waals surface area contributed by atoms with Crippen molar-refractivity contribution in [3.05, 3.63) is 0 Å². The molecule has 4 saturated carbocycles. The molecule has 4 aliphatic carbocycles. The minimum atomic E-state index is -2.08. The van der Waals surface area contributed by atoms with Gasteiger partial charge in [0.05, 0.1) is 6.61 Å². The van der Waals surface area contributed by atoms with E-state index in [2.05, 4.69) is 0 Å². The largest absolute Gasteiger partial charge is 0.328 e. The van der Waals surface area contributed by atoms with Crippen molar-refractivity contribution in [2.24, 2.45) is 23.7 Å². The Bertz CT molecular complexity index is 288. The molecule has 0 radical (unpaired) electrons. The second kappa shape index (κ2) is 1.57. The lowest BCUT2D eigenvalue weighted by Gasteiger charge is -2.41. The van der Waals surface area contributed by atoms with E-state index in [0.717, 1.165) is 23.7 Å². The molecule has 0 aromatic rings. The Morgan fingerprint density at radius 1 is 1.33 bits per heavy atom. The second-order valence-electron chi connectivity index (χ2n) is 4.76. The van der Waals surface area contributed by atoms with Crippen LogP contribution in [0.1, 0.15) is 13.3 Å². The molecule has 6 bridgehead atoms. The van der Waals surface area contributed by atoms with E-state index in [-0.39, 0.29) is 0 Å². The molecule has 66 valence electrons. The van der Waals surface area contributed by atoms with E-state index in [1.807, 2.05) is 6.92 Å². The summed E-state index contributed by atoms with van der Waals surface area (Å²) in [7, 11) is -2.08. The van der Waals surface area contributed by atoms with Crippen LogP contribution < -0.4 is 0 Å². The van der Waals surface area contributed by atoms with Gasteiger partial charge in [0.2, 0.25) is 7.37 Å². The van der Waals surface area contributed by atoms with Gasteiger partial charge in [-0.25, -0.2) is 0 Å². The molecule has 12 heavy (non-hydrogen) atoms. The van der Waals surface area contributed by atoms with Gasteiger partial charge in [0.15, 0.2) is 0 Å². The van der Waals surface area contributed by atoms with Gasteiger partial charge in [0.1, 0.15) is 0 Å². The molecular weight excluding hydrogens is 171 g/mol. The van der Waals surface area contributed by atoms with Gasteiger partial charge in [0, 0.05) is 11.3 Å². The number of hydrogen-bond donors (Lipinski definition) is 0. The Hall–Kier alpha value is 0.190. The average Bonchev–Trinajstić information content (AvgIpc) is 2.50. The maximum Gasteiger partial charge on any atom is 0.210 e. The van der Waals surface area contributed by atoms with E-state index in [1.165, 1.54) is 6.42 Å². The monoisotopic (exact) mass is 184 g/mol. The lowest BCUT2D eigenvalue weighted by atomic mass is 10.1. The molecule has 3 heteroatoms. The molecule has 0 amide bonds. The maximum atomic E-state index is 12.2. The van der Waals surface area contributed by atoms with Crippen molar-refractivity contribution in [2.45, 2.75) is 24.7 Å². The normalized spacial score (nSPS) is 74.4. The molecule has 0 spiro atoms. The Labute approximate surface area is 72.1 Å². The van der Waals surface area contributed by atoms with Crippen LogP contribution in [0, 0.1) is 23.7 Å². The summed E-state index contributed by atoms with van der Waals surface area (Å²) in [6, 6.07) is 0. The van der Waals surface area contributed by atoms with Crippen molar-refractivity contribution in [1.29, 1.82) is 0 Å². The van der Waals surface area contributed by atoms with Crippen molar-refractivity contribution in [3.63, 3.8) is 0 Å². The highest BCUT2D eigenvalue weighted by Crippen LogP contribution is 2.95. The summed E-state index contributed by atoms with van der Waals surface area (Å²) in [5, 5.41) is 0. The SMILES string of the molecule is CCOP1(=O)[C@@H]2C3CC4[C@@H]2[C@H]4[C@H]31. The van der Waals surface area contributed by atoms with Crippen LogP contribution in [0.15, 0.2) is 0 Å². The van der Waals surface area contributed by atoms with Crippen LogP contribution in [0.3, 0.4) is 0 Å². The quantitative estimate of drug-likeness (QED) is 0.613. The van der Waals surface area contributed by atoms with Crippen LogP contribution in [0.4, 0.5) is 0 Å². The summed E-state index contributed by atoms with van der Waals surface area (Å²) in [4.78, 5) is 0. The molecule has 0 aromatic carbocycles. The molecular formula is C9H13O2P. The number of hydrogen-bond acceptors (Lipinski definition) is 2. The highest BCUT2D eigenvalue weighted by molar-refractivity contribution is 7.63. The molecule has 0 N–H and O–H groups in total. The van der Waals surface area contributed by atoms with E-state index >= 15 is 0 Å². The van der Waals surface area contributed by atoms with E-state index in [9.17, 15) is 4.57 Å².